The van der Waals surface area contributed by atoms with Crippen LogP contribution in [0.4, 0.5) is 5.69 Å². The van der Waals surface area contributed by atoms with E-state index in [9.17, 15) is 8.42 Å². The van der Waals surface area contributed by atoms with Crippen molar-refractivity contribution in [3.05, 3.63) is 22.7 Å². The number of nitrogens with two attached hydrogens (primary N) is 1. The van der Waals surface area contributed by atoms with Crippen LogP contribution in [0.2, 0.25) is 5.02 Å². The van der Waals surface area contributed by atoms with Gasteiger partial charge in [0.2, 0.25) is 10.0 Å². The minimum Gasteiger partial charge on any atom is -0.398 e. The largest absolute Gasteiger partial charge is 0.398 e. The highest BCUT2D eigenvalue weighted by Crippen LogP contribution is 2.29. The van der Waals surface area contributed by atoms with Gasteiger partial charge in [0.1, 0.15) is 0 Å². The summed E-state index contributed by atoms with van der Waals surface area (Å²) in [7, 11) is -3.58. The maximum atomic E-state index is 12.5. The first-order valence-corrected chi connectivity index (χ1v) is 8.75. The van der Waals surface area contributed by atoms with E-state index in [4.69, 9.17) is 17.3 Å². The molecule has 0 aromatic heterocycles. The quantitative estimate of drug-likeness (QED) is 0.842. The Bertz CT molecular complexity index is 601. The van der Waals surface area contributed by atoms with Crippen molar-refractivity contribution in [1.82, 2.24) is 4.72 Å². The molecule has 2 rings (SSSR count). The lowest BCUT2D eigenvalue weighted by Crippen LogP contribution is -2.41. The highest BCUT2D eigenvalue weighted by Gasteiger charge is 2.28. The van der Waals surface area contributed by atoms with Crippen LogP contribution in [-0.4, -0.2) is 14.5 Å². The van der Waals surface area contributed by atoms with Gasteiger partial charge in [-0.1, -0.05) is 31.4 Å². The van der Waals surface area contributed by atoms with Gasteiger partial charge in [0.05, 0.1) is 4.90 Å². The Morgan fingerprint density at radius 3 is 2.60 bits per heavy atom. The fraction of sp³-hybridized carbons (Fsp3) is 0.571. The molecule has 0 radical (unpaired) electrons. The van der Waals surface area contributed by atoms with Gasteiger partial charge in [0, 0.05) is 16.8 Å². The third-order valence-electron chi connectivity index (χ3n) is 4.07. The summed E-state index contributed by atoms with van der Waals surface area (Å²) in [5.41, 5.74) is 6.75. The predicted molar refractivity (Wildman–Crippen MR) is 82.3 cm³/mol. The Hall–Kier alpha value is -0.780. The minimum atomic E-state index is -3.58. The van der Waals surface area contributed by atoms with E-state index >= 15 is 0 Å². The molecule has 2 unspecified atom stereocenters. The Morgan fingerprint density at radius 1 is 1.30 bits per heavy atom. The number of benzene rings is 1. The number of anilines is 1. The monoisotopic (exact) mass is 316 g/mol. The van der Waals surface area contributed by atoms with Crippen LogP contribution >= 0.6 is 11.6 Å². The summed E-state index contributed by atoms with van der Waals surface area (Å²) < 4.78 is 27.9. The fourth-order valence-electron chi connectivity index (χ4n) is 2.71. The lowest BCUT2D eigenvalue weighted by Gasteiger charge is -2.29. The average molecular weight is 317 g/mol. The van der Waals surface area contributed by atoms with Crippen molar-refractivity contribution in [3.63, 3.8) is 0 Å². The summed E-state index contributed by atoms with van der Waals surface area (Å²) in [5.74, 6) is 0.357. The van der Waals surface area contributed by atoms with Crippen LogP contribution in [0.1, 0.15) is 38.2 Å². The van der Waals surface area contributed by atoms with Crippen LogP contribution < -0.4 is 10.5 Å². The molecule has 1 aromatic carbocycles. The van der Waals surface area contributed by atoms with Crippen molar-refractivity contribution < 1.29 is 8.42 Å². The van der Waals surface area contributed by atoms with Gasteiger partial charge in [-0.2, -0.15) is 0 Å². The molecule has 20 heavy (non-hydrogen) atoms. The predicted octanol–water partition coefficient (Wildman–Crippen LogP) is 3.09. The molecule has 1 aliphatic carbocycles. The van der Waals surface area contributed by atoms with E-state index in [0.717, 1.165) is 19.3 Å². The summed E-state index contributed by atoms with van der Waals surface area (Å²) in [4.78, 5) is 0.181. The molecule has 112 valence electrons. The van der Waals surface area contributed by atoms with E-state index in [0.29, 0.717) is 22.2 Å². The van der Waals surface area contributed by atoms with Crippen molar-refractivity contribution >= 4 is 27.3 Å². The van der Waals surface area contributed by atoms with Crippen LogP contribution in [0.15, 0.2) is 17.0 Å². The van der Waals surface area contributed by atoms with Gasteiger partial charge >= 0.3 is 0 Å². The van der Waals surface area contributed by atoms with Crippen LogP contribution in [0.3, 0.4) is 0 Å². The van der Waals surface area contributed by atoms with E-state index in [-0.39, 0.29) is 10.9 Å². The van der Waals surface area contributed by atoms with Crippen molar-refractivity contribution in [2.45, 2.75) is 50.5 Å². The molecule has 1 aromatic rings. The van der Waals surface area contributed by atoms with E-state index < -0.39 is 10.0 Å². The summed E-state index contributed by atoms with van der Waals surface area (Å²) >= 11 is 5.93. The number of nitrogens with one attached hydrogen (secondary N) is 1. The maximum absolute atomic E-state index is 12.5. The fourth-order valence-corrected chi connectivity index (χ4v) is 4.68. The normalized spacial score (nSPS) is 23.8. The SMILES string of the molecule is Cc1c(N)cc(Cl)cc1S(=O)(=O)NC1CCCCC1C. The van der Waals surface area contributed by atoms with Crippen LogP contribution in [0, 0.1) is 12.8 Å². The highest BCUT2D eigenvalue weighted by molar-refractivity contribution is 7.89. The summed E-state index contributed by atoms with van der Waals surface area (Å²) in [5, 5.41) is 0.338. The lowest BCUT2D eigenvalue weighted by atomic mass is 9.87. The smallest absolute Gasteiger partial charge is 0.241 e. The van der Waals surface area contributed by atoms with Crippen molar-refractivity contribution in [1.29, 1.82) is 0 Å². The minimum absolute atomic E-state index is 0.00615. The molecule has 6 heteroatoms. The van der Waals surface area contributed by atoms with E-state index in [1.54, 1.807) is 13.0 Å². The van der Waals surface area contributed by atoms with Gasteiger partial charge in [-0.3, -0.25) is 0 Å². The van der Waals surface area contributed by atoms with E-state index in [1.165, 1.54) is 12.5 Å². The van der Waals surface area contributed by atoms with Gasteiger partial charge in [-0.05, 0) is 43.4 Å². The zero-order valence-electron chi connectivity index (χ0n) is 11.8. The molecule has 2 atom stereocenters. The number of sulfonamides is 1. The van der Waals surface area contributed by atoms with Crippen molar-refractivity contribution in [2.24, 2.45) is 5.92 Å². The number of rotatable bonds is 3. The third-order valence-corrected chi connectivity index (χ3v) is 5.91. The summed E-state index contributed by atoms with van der Waals surface area (Å²) in [6, 6.07) is 3.02. The second-order valence-electron chi connectivity index (χ2n) is 5.61. The van der Waals surface area contributed by atoms with Gasteiger partial charge in [0.25, 0.3) is 0 Å². The molecule has 0 spiro atoms. The molecule has 4 nitrogen and oxygen atoms in total. The molecule has 0 amide bonds. The molecule has 0 saturated heterocycles. The second kappa shape index (κ2) is 5.92. The topological polar surface area (TPSA) is 72.2 Å². The average Bonchev–Trinajstić information content (AvgIpc) is 2.36. The molecular weight excluding hydrogens is 296 g/mol. The zero-order chi connectivity index (χ0) is 14.9. The van der Waals surface area contributed by atoms with Gasteiger partial charge < -0.3 is 5.73 Å². The number of halogens is 1. The highest BCUT2D eigenvalue weighted by atomic mass is 35.5. The first kappa shape index (κ1) is 15.6. The Morgan fingerprint density at radius 2 is 1.95 bits per heavy atom. The number of hydrogen-bond donors (Lipinski definition) is 2. The van der Waals surface area contributed by atoms with E-state index in [2.05, 4.69) is 11.6 Å². The van der Waals surface area contributed by atoms with Crippen molar-refractivity contribution in [2.75, 3.05) is 5.73 Å². The third kappa shape index (κ3) is 3.27. The molecule has 0 heterocycles. The molecule has 1 aliphatic rings. The van der Waals surface area contributed by atoms with Crippen LogP contribution in [-0.2, 0) is 10.0 Å². The second-order valence-corrected chi connectivity index (χ2v) is 7.73. The standard InChI is InChI=1S/C14H21ClN2O2S/c1-9-5-3-4-6-13(9)17-20(18,19)14-8-11(15)7-12(16)10(14)2/h7-9,13,17H,3-6,16H2,1-2H3. The van der Waals surface area contributed by atoms with Crippen LogP contribution in [0.25, 0.3) is 0 Å². The van der Waals surface area contributed by atoms with E-state index in [1.807, 2.05) is 0 Å². The van der Waals surface area contributed by atoms with Gasteiger partial charge in [-0.15, -0.1) is 0 Å². The summed E-state index contributed by atoms with van der Waals surface area (Å²) in [6.07, 6.45) is 4.18. The Labute approximate surface area is 125 Å². The van der Waals surface area contributed by atoms with Crippen LogP contribution in [0.5, 0.6) is 0 Å². The summed E-state index contributed by atoms with van der Waals surface area (Å²) in [6.45, 7) is 3.79. The lowest BCUT2D eigenvalue weighted by molar-refractivity contribution is 0.310. The zero-order valence-corrected chi connectivity index (χ0v) is 13.4. The Balaban J connectivity index is 2.31. The van der Waals surface area contributed by atoms with Gasteiger partial charge in [0.15, 0.2) is 0 Å². The number of hydrogen-bond acceptors (Lipinski definition) is 3. The molecule has 0 bridgehead atoms. The molecule has 3 N–H and O–H groups in total. The Kier molecular flexibility index (Phi) is 4.62. The molecule has 0 aliphatic heterocycles. The molecular formula is C14H21ClN2O2S. The first-order chi connectivity index (χ1) is 9.31. The number of nitrogen functional groups attached to an aromatic ring is 1. The molecule has 1 saturated carbocycles. The molecule has 1 fully saturated rings. The van der Waals surface area contributed by atoms with Crippen molar-refractivity contribution in [3.8, 4) is 0 Å². The maximum Gasteiger partial charge on any atom is 0.241 e. The van der Waals surface area contributed by atoms with Gasteiger partial charge in [-0.25, -0.2) is 13.1 Å². The first-order valence-electron chi connectivity index (χ1n) is 6.89.